The number of hydrogen-bond donors (Lipinski definition) is 1. The highest BCUT2D eigenvalue weighted by atomic mass is 16.3. The van der Waals surface area contributed by atoms with Crippen molar-refractivity contribution in [3.05, 3.63) is 41.6 Å². The molecule has 1 unspecified atom stereocenters. The first-order valence-electron chi connectivity index (χ1n) is 6.60. The van der Waals surface area contributed by atoms with Crippen molar-refractivity contribution in [2.24, 2.45) is 5.92 Å². The van der Waals surface area contributed by atoms with E-state index in [1.54, 1.807) is 0 Å². The maximum absolute atomic E-state index is 9.83. The van der Waals surface area contributed by atoms with E-state index < -0.39 is 0 Å². The van der Waals surface area contributed by atoms with Crippen molar-refractivity contribution in [2.45, 2.75) is 39.7 Å². The number of benzene rings is 1. The molecule has 1 atom stereocenters. The van der Waals surface area contributed by atoms with Crippen LogP contribution in [0.25, 0.3) is 10.9 Å². The fourth-order valence-corrected chi connectivity index (χ4v) is 2.08. The van der Waals surface area contributed by atoms with E-state index >= 15 is 0 Å². The third-order valence-corrected chi connectivity index (χ3v) is 3.39. The van der Waals surface area contributed by atoms with E-state index in [0.29, 0.717) is 5.92 Å². The Labute approximate surface area is 109 Å². The number of aliphatic hydroxyl groups is 1. The third kappa shape index (κ3) is 3.08. The molecule has 2 heteroatoms. The van der Waals surface area contributed by atoms with Crippen molar-refractivity contribution in [2.75, 3.05) is 0 Å². The van der Waals surface area contributed by atoms with Crippen LogP contribution in [0.1, 0.15) is 31.5 Å². The molecule has 0 bridgehead atoms. The van der Waals surface area contributed by atoms with Gasteiger partial charge >= 0.3 is 0 Å². The van der Waals surface area contributed by atoms with Gasteiger partial charge in [0.15, 0.2) is 0 Å². The van der Waals surface area contributed by atoms with Gasteiger partial charge in [0, 0.05) is 11.1 Å². The Morgan fingerprint density at radius 2 is 1.94 bits per heavy atom. The molecule has 2 rings (SSSR count). The number of hydrogen-bond acceptors (Lipinski definition) is 2. The minimum absolute atomic E-state index is 0.211. The Bertz CT molecular complexity index is 534. The van der Waals surface area contributed by atoms with E-state index in [2.05, 4.69) is 43.1 Å². The van der Waals surface area contributed by atoms with Crippen molar-refractivity contribution in [1.82, 2.24) is 4.98 Å². The molecule has 2 aromatic rings. The topological polar surface area (TPSA) is 33.1 Å². The maximum Gasteiger partial charge on any atom is 0.0705 e. The first kappa shape index (κ1) is 13.0. The number of rotatable bonds is 4. The molecule has 1 aromatic carbocycles. The SMILES string of the molecule is Cc1ccc2cc(CCC(O)C(C)C)ccc2n1. The molecule has 2 nitrogen and oxygen atoms in total. The molecule has 18 heavy (non-hydrogen) atoms. The molecule has 0 spiro atoms. The van der Waals surface area contributed by atoms with Crippen molar-refractivity contribution < 1.29 is 5.11 Å². The summed E-state index contributed by atoms with van der Waals surface area (Å²) in [6.45, 7) is 6.11. The van der Waals surface area contributed by atoms with Crippen molar-refractivity contribution in [3.8, 4) is 0 Å². The van der Waals surface area contributed by atoms with Crippen molar-refractivity contribution in [3.63, 3.8) is 0 Å². The zero-order valence-corrected chi connectivity index (χ0v) is 11.4. The van der Waals surface area contributed by atoms with E-state index in [9.17, 15) is 5.11 Å². The summed E-state index contributed by atoms with van der Waals surface area (Å²) in [5.74, 6) is 0.328. The Morgan fingerprint density at radius 1 is 1.17 bits per heavy atom. The Balaban J connectivity index is 2.13. The number of aryl methyl sites for hydroxylation is 2. The lowest BCUT2D eigenvalue weighted by Crippen LogP contribution is -2.15. The fourth-order valence-electron chi connectivity index (χ4n) is 2.08. The highest BCUT2D eigenvalue weighted by molar-refractivity contribution is 5.79. The van der Waals surface area contributed by atoms with Crippen LogP contribution in [0.5, 0.6) is 0 Å². The minimum atomic E-state index is -0.211. The molecule has 0 aliphatic heterocycles. The Hall–Kier alpha value is -1.41. The van der Waals surface area contributed by atoms with Crippen LogP contribution in [0.15, 0.2) is 30.3 Å². The van der Waals surface area contributed by atoms with Gasteiger partial charge in [0.2, 0.25) is 0 Å². The lowest BCUT2D eigenvalue weighted by molar-refractivity contribution is 0.116. The van der Waals surface area contributed by atoms with Crippen LogP contribution in [-0.4, -0.2) is 16.2 Å². The molecule has 0 saturated heterocycles. The number of aliphatic hydroxyl groups excluding tert-OH is 1. The van der Waals surface area contributed by atoms with Crippen LogP contribution < -0.4 is 0 Å². The summed E-state index contributed by atoms with van der Waals surface area (Å²) in [5.41, 5.74) is 3.36. The molecule has 0 radical (unpaired) electrons. The monoisotopic (exact) mass is 243 g/mol. The van der Waals surface area contributed by atoms with Crippen LogP contribution in [0, 0.1) is 12.8 Å². The minimum Gasteiger partial charge on any atom is -0.393 e. The van der Waals surface area contributed by atoms with Gasteiger partial charge in [-0.3, -0.25) is 4.98 Å². The second-order valence-corrected chi connectivity index (χ2v) is 5.33. The zero-order chi connectivity index (χ0) is 13.1. The molecule has 0 aliphatic rings. The van der Waals surface area contributed by atoms with Crippen molar-refractivity contribution >= 4 is 10.9 Å². The normalized spacial score (nSPS) is 13.2. The van der Waals surface area contributed by atoms with Gasteiger partial charge in [-0.15, -0.1) is 0 Å². The highest BCUT2D eigenvalue weighted by Gasteiger charge is 2.09. The predicted octanol–water partition coefficient (Wildman–Crippen LogP) is 3.49. The fraction of sp³-hybridized carbons (Fsp3) is 0.438. The van der Waals surface area contributed by atoms with Crippen LogP contribution in [0.2, 0.25) is 0 Å². The summed E-state index contributed by atoms with van der Waals surface area (Å²) in [7, 11) is 0. The maximum atomic E-state index is 9.83. The molecule has 0 fully saturated rings. The first-order valence-corrected chi connectivity index (χ1v) is 6.60. The second-order valence-electron chi connectivity index (χ2n) is 5.33. The average molecular weight is 243 g/mol. The number of nitrogens with zero attached hydrogens (tertiary/aromatic N) is 1. The quantitative estimate of drug-likeness (QED) is 0.891. The molecule has 0 aliphatic carbocycles. The van der Waals surface area contributed by atoms with Gasteiger partial charge in [0.05, 0.1) is 11.6 Å². The van der Waals surface area contributed by atoms with Gasteiger partial charge < -0.3 is 5.11 Å². The molecular formula is C16H21NO. The summed E-state index contributed by atoms with van der Waals surface area (Å²) in [6, 6.07) is 10.5. The molecule has 96 valence electrons. The molecule has 0 saturated carbocycles. The smallest absolute Gasteiger partial charge is 0.0705 e. The van der Waals surface area contributed by atoms with E-state index in [4.69, 9.17) is 0 Å². The molecule has 0 amide bonds. The average Bonchev–Trinajstić information content (AvgIpc) is 2.35. The summed E-state index contributed by atoms with van der Waals surface area (Å²) < 4.78 is 0. The Morgan fingerprint density at radius 3 is 2.67 bits per heavy atom. The van der Waals surface area contributed by atoms with Crippen LogP contribution in [0.4, 0.5) is 0 Å². The summed E-state index contributed by atoms with van der Waals surface area (Å²) >= 11 is 0. The van der Waals surface area contributed by atoms with Crippen LogP contribution in [0.3, 0.4) is 0 Å². The third-order valence-electron chi connectivity index (χ3n) is 3.39. The van der Waals surface area contributed by atoms with E-state index in [0.717, 1.165) is 24.1 Å². The van der Waals surface area contributed by atoms with Crippen molar-refractivity contribution in [1.29, 1.82) is 0 Å². The second kappa shape index (κ2) is 5.49. The summed E-state index contributed by atoms with van der Waals surface area (Å²) in [6.07, 6.45) is 1.53. The van der Waals surface area contributed by atoms with Crippen LogP contribution in [-0.2, 0) is 6.42 Å². The lowest BCUT2D eigenvalue weighted by Gasteiger charge is -2.14. The van der Waals surface area contributed by atoms with Gasteiger partial charge in [0.1, 0.15) is 0 Å². The first-order chi connectivity index (χ1) is 8.56. The Kier molecular flexibility index (Phi) is 3.97. The zero-order valence-electron chi connectivity index (χ0n) is 11.4. The van der Waals surface area contributed by atoms with E-state index in [1.807, 2.05) is 13.0 Å². The molecule has 1 heterocycles. The molecule has 1 N–H and O–H groups in total. The van der Waals surface area contributed by atoms with Gasteiger partial charge in [-0.1, -0.05) is 26.0 Å². The highest BCUT2D eigenvalue weighted by Crippen LogP contribution is 2.17. The van der Waals surface area contributed by atoms with Gasteiger partial charge in [-0.05, 0) is 49.4 Å². The number of pyridine rings is 1. The standard InChI is InChI=1S/C16H21NO/c1-11(2)16(18)9-6-13-5-8-15-14(10-13)7-4-12(3)17-15/h4-5,7-8,10-11,16,18H,6,9H2,1-3H3. The van der Waals surface area contributed by atoms with E-state index in [1.165, 1.54) is 10.9 Å². The summed E-state index contributed by atoms with van der Waals surface area (Å²) in [4.78, 5) is 4.49. The number of fused-ring (bicyclic) bond motifs is 1. The molecule has 1 aromatic heterocycles. The molecular weight excluding hydrogens is 222 g/mol. The number of aromatic nitrogens is 1. The van der Waals surface area contributed by atoms with Gasteiger partial charge in [-0.2, -0.15) is 0 Å². The summed E-state index contributed by atoms with van der Waals surface area (Å²) in [5, 5.41) is 11.0. The van der Waals surface area contributed by atoms with E-state index in [-0.39, 0.29) is 6.10 Å². The predicted molar refractivity (Wildman–Crippen MR) is 75.6 cm³/mol. The van der Waals surface area contributed by atoms with Gasteiger partial charge in [-0.25, -0.2) is 0 Å². The lowest BCUT2D eigenvalue weighted by atomic mass is 9.98. The van der Waals surface area contributed by atoms with Crippen LogP contribution >= 0.6 is 0 Å². The largest absolute Gasteiger partial charge is 0.393 e. The van der Waals surface area contributed by atoms with Gasteiger partial charge in [0.25, 0.3) is 0 Å².